The van der Waals surface area contributed by atoms with Crippen molar-refractivity contribution in [2.24, 2.45) is 0 Å². The van der Waals surface area contributed by atoms with E-state index in [9.17, 15) is 14.4 Å². The van der Waals surface area contributed by atoms with Crippen LogP contribution in [0.3, 0.4) is 0 Å². The third-order valence-electron chi connectivity index (χ3n) is 7.43. The van der Waals surface area contributed by atoms with Crippen LogP contribution in [0.2, 0.25) is 0 Å². The molecule has 37 heavy (non-hydrogen) atoms. The predicted molar refractivity (Wildman–Crippen MR) is 143 cm³/mol. The Morgan fingerprint density at radius 1 is 0.865 bits per heavy atom. The normalized spacial score (nSPS) is 16.8. The van der Waals surface area contributed by atoms with Gasteiger partial charge in [-0.25, -0.2) is 0 Å². The molecular formula is C30H32N4O3. The van der Waals surface area contributed by atoms with Crippen molar-refractivity contribution in [1.29, 1.82) is 0 Å². The minimum atomic E-state index is -0.773. The molecule has 2 aliphatic rings. The van der Waals surface area contributed by atoms with E-state index in [1.807, 2.05) is 96.8 Å². The van der Waals surface area contributed by atoms with E-state index in [0.717, 1.165) is 16.8 Å². The number of benzene rings is 3. The van der Waals surface area contributed by atoms with E-state index in [4.69, 9.17) is 0 Å². The SMILES string of the molecule is Cc1ccc(C(=O)N2CCC3(CC2)C(=O)N(CC(=O)NCc2ccccc2)CN3c2ccccc2)cc1. The molecule has 7 nitrogen and oxygen atoms in total. The first-order valence-electron chi connectivity index (χ1n) is 12.7. The van der Waals surface area contributed by atoms with Gasteiger partial charge >= 0.3 is 0 Å². The summed E-state index contributed by atoms with van der Waals surface area (Å²) < 4.78 is 0. The fraction of sp³-hybridized carbons (Fsp3) is 0.300. The smallest absolute Gasteiger partial charge is 0.253 e. The van der Waals surface area contributed by atoms with Crippen molar-refractivity contribution in [3.05, 3.63) is 102 Å². The Kier molecular flexibility index (Phi) is 6.95. The van der Waals surface area contributed by atoms with Gasteiger partial charge in [0.2, 0.25) is 5.91 Å². The Bertz CT molecular complexity index is 1250. The number of hydrogen-bond acceptors (Lipinski definition) is 4. The van der Waals surface area contributed by atoms with Crippen LogP contribution in [-0.4, -0.2) is 59.4 Å². The summed E-state index contributed by atoms with van der Waals surface area (Å²) >= 11 is 0. The van der Waals surface area contributed by atoms with E-state index in [1.54, 1.807) is 4.90 Å². The monoisotopic (exact) mass is 496 g/mol. The van der Waals surface area contributed by atoms with Crippen LogP contribution in [0.15, 0.2) is 84.9 Å². The van der Waals surface area contributed by atoms with Gasteiger partial charge in [-0.1, -0.05) is 66.2 Å². The number of aryl methyl sites for hydroxylation is 1. The van der Waals surface area contributed by atoms with Crippen LogP contribution < -0.4 is 10.2 Å². The topological polar surface area (TPSA) is 73.0 Å². The lowest BCUT2D eigenvalue weighted by molar-refractivity contribution is -0.137. The van der Waals surface area contributed by atoms with Gasteiger partial charge in [-0.3, -0.25) is 14.4 Å². The van der Waals surface area contributed by atoms with Crippen molar-refractivity contribution >= 4 is 23.4 Å². The van der Waals surface area contributed by atoms with Gasteiger partial charge in [-0.05, 0) is 49.6 Å². The van der Waals surface area contributed by atoms with Gasteiger partial charge in [-0.2, -0.15) is 0 Å². The number of amides is 3. The molecule has 2 aliphatic heterocycles. The first kappa shape index (κ1) is 24.6. The molecule has 0 saturated carbocycles. The van der Waals surface area contributed by atoms with Crippen LogP contribution in [-0.2, 0) is 16.1 Å². The third kappa shape index (κ3) is 5.07. The summed E-state index contributed by atoms with van der Waals surface area (Å²) in [5.74, 6) is -0.244. The third-order valence-corrected chi connectivity index (χ3v) is 7.43. The number of carbonyl (C=O) groups excluding carboxylic acids is 3. The second kappa shape index (κ2) is 10.5. The predicted octanol–water partition coefficient (Wildman–Crippen LogP) is 3.59. The number of carbonyl (C=O) groups is 3. The number of likely N-dealkylation sites (tertiary alicyclic amines) is 1. The second-order valence-corrected chi connectivity index (χ2v) is 9.86. The van der Waals surface area contributed by atoms with Crippen molar-refractivity contribution < 1.29 is 14.4 Å². The number of piperidine rings is 1. The maximum absolute atomic E-state index is 13.9. The van der Waals surface area contributed by atoms with E-state index in [0.29, 0.717) is 44.7 Å². The van der Waals surface area contributed by atoms with E-state index >= 15 is 0 Å². The Morgan fingerprint density at radius 3 is 2.14 bits per heavy atom. The highest BCUT2D eigenvalue weighted by atomic mass is 16.2. The van der Waals surface area contributed by atoms with Gasteiger partial charge in [0.25, 0.3) is 11.8 Å². The zero-order chi connectivity index (χ0) is 25.8. The number of anilines is 1. The van der Waals surface area contributed by atoms with Crippen molar-refractivity contribution in [2.75, 3.05) is 31.2 Å². The van der Waals surface area contributed by atoms with Crippen LogP contribution in [0, 0.1) is 6.92 Å². The Labute approximate surface area is 217 Å². The largest absolute Gasteiger partial charge is 0.350 e. The van der Waals surface area contributed by atoms with E-state index in [1.165, 1.54) is 0 Å². The Hall–Kier alpha value is -4.13. The molecule has 190 valence electrons. The van der Waals surface area contributed by atoms with E-state index in [-0.39, 0.29) is 24.3 Å². The standard InChI is InChI=1S/C30H32N4O3/c1-23-12-14-25(15-13-23)28(36)32-18-16-30(17-19-32)29(37)33(22-34(30)26-10-6-3-7-11-26)21-27(35)31-20-24-8-4-2-5-9-24/h2-15H,16-22H2,1H3,(H,31,35). The van der Waals surface area contributed by atoms with Crippen LogP contribution in [0.25, 0.3) is 0 Å². The highest BCUT2D eigenvalue weighted by Gasteiger charge is 2.54. The van der Waals surface area contributed by atoms with Crippen molar-refractivity contribution in [3.63, 3.8) is 0 Å². The Morgan fingerprint density at radius 2 is 1.49 bits per heavy atom. The molecule has 1 spiro atoms. The van der Waals surface area contributed by atoms with Gasteiger partial charge in [0, 0.05) is 30.9 Å². The summed E-state index contributed by atoms with van der Waals surface area (Å²) in [7, 11) is 0. The van der Waals surface area contributed by atoms with Crippen LogP contribution in [0.4, 0.5) is 5.69 Å². The van der Waals surface area contributed by atoms with Crippen molar-refractivity contribution in [2.45, 2.75) is 31.8 Å². The fourth-order valence-corrected chi connectivity index (χ4v) is 5.31. The average molecular weight is 497 g/mol. The molecule has 2 saturated heterocycles. The van der Waals surface area contributed by atoms with E-state index in [2.05, 4.69) is 10.2 Å². The minimum Gasteiger partial charge on any atom is -0.350 e. The van der Waals surface area contributed by atoms with Gasteiger partial charge in [0.15, 0.2) is 0 Å². The van der Waals surface area contributed by atoms with Crippen LogP contribution in [0.5, 0.6) is 0 Å². The molecule has 3 aromatic carbocycles. The summed E-state index contributed by atoms with van der Waals surface area (Å²) in [6.45, 7) is 3.73. The van der Waals surface area contributed by atoms with Crippen molar-refractivity contribution in [1.82, 2.24) is 15.1 Å². The highest BCUT2D eigenvalue weighted by molar-refractivity contribution is 5.97. The number of para-hydroxylation sites is 1. The molecule has 0 atom stereocenters. The van der Waals surface area contributed by atoms with Crippen LogP contribution in [0.1, 0.15) is 34.3 Å². The molecule has 7 heteroatoms. The zero-order valence-corrected chi connectivity index (χ0v) is 21.1. The molecule has 0 radical (unpaired) electrons. The van der Waals surface area contributed by atoms with Gasteiger partial charge in [0.05, 0.1) is 6.67 Å². The first-order chi connectivity index (χ1) is 18.0. The lowest BCUT2D eigenvalue weighted by Gasteiger charge is -2.43. The molecule has 0 aliphatic carbocycles. The van der Waals surface area contributed by atoms with Gasteiger partial charge < -0.3 is 20.0 Å². The van der Waals surface area contributed by atoms with Gasteiger partial charge in [-0.15, -0.1) is 0 Å². The molecule has 2 heterocycles. The molecular weight excluding hydrogens is 464 g/mol. The Balaban J connectivity index is 1.30. The summed E-state index contributed by atoms with van der Waals surface area (Å²) in [5.41, 5.74) is 2.96. The summed E-state index contributed by atoms with van der Waals surface area (Å²) in [5, 5.41) is 2.93. The van der Waals surface area contributed by atoms with Gasteiger partial charge in [0.1, 0.15) is 12.1 Å². The zero-order valence-electron chi connectivity index (χ0n) is 21.1. The molecule has 3 aromatic rings. The molecule has 3 amide bonds. The van der Waals surface area contributed by atoms with Crippen LogP contribution >= 0.6 is 0 Å². The quantitative estimate of drug-likeness (QED) is 0.566. The molecule has 1 N–H and O–H groups in total. The molecule has 0 unspecified atom stereocenters. The molecule has 0 aromatic heterocycles. The maximum Gasteiger partial charge on any atom is 0.253 e. The second-order valence-electron chi connectivity index (χ2n) is 9.86. The minimum absolute atomic E-state index is 0.00274. The number of hydrogen-bond donors (Lipinski definition) is 1. The first-order valence-corrected chi connectivity index (χ1v) is 12.7. The molecule has 2 fully saturated rings. The molecule has 5 rings (SSSR count). The van der Waals surface area contributed by atoms with E-state index < -0.39 is 5.54 Å². The number of rotatable bonds is 6. The lowest BCUT2D eigenvalue weighted by atomic mass is 9.85. The summed E-state index contributed by atoms with van der Waals surface area (Å²) in [4.78, 5) is 45.3. The summed E-state index contributed by atoms with van der Waals surface area (Å²) in [6, 6.07) is 27.2. The highest BCUT2D eigenvalue weighted by Crippen LogP contribution is 2.39. The van der Waals surface area contributed by atoms with Crippen molar-refractivity contribution in [3.8, 4) is 0 Å². The summed E-state index contributed by atoms with van der Waals surface area (Å²) in [6.07, 6.45) is 1.03. The fourth-order valence-electron chi connectivity index (χ4n) is 5.31. The lowest BCUT2D eigenvalue weighted by Crippen LogP contribution is -2.57. The number of nitrogens with one attached hydrogen (secondary N) is 1. The average Bonchev–Trinajstić information content (AvgIpc) is 3.19. The molecule has 0 bridgehead atoms. The maximum atomic E-state index is 13.9. The number of nitrogens with zero attached hydrogens (tertiary/aromatic N) is 3.